The molecule has 10 heteroatoms. The van der Waals surface area contributed by atoms with E-state index in [0.717, 1.165) is 5.56 Å². The van der Waals surface area contributed by atoms with Crippen molar-refractivity contribution in [2.24, 2.45) is 0 Å². The van der Waals surface area contributed by atoms with E-state index in [4.69, 9.17) is 14.2 Å². The summed E-state index contributed by atoms with van der Waals surface area (Å²) in [5.74, 6) is -0.773. The molecule has 0 saturated carbocycles. The van der Waals surface area contributed by atoms with Crippen LogP contribution in [0.1, 0.15) is 34.4 Å². The summed E-state index contributed by atoms with van der Waals surface area (Å²) in [6.45, 7) is 2.60. The third-order valence-electron chi connectivity index (χ3n) is 5.09. The number of hydrogen-bond acceptors (Lipinski definition) is 7. The van der Waals surface area contributed by atoms with Crippen molar-refractivity contribution in [2.45, 2.75) is 39.9 Å². The second kappa shape index (κ2) is 8.75. The molecule has 0 saturated heterocycles. The van der Waals surface area contributed by atoms with Crippen LogP contribution in [0.15, 0.2) is 42.5 Å². The van der Waals surface area contributed by atoms with Crippen molar-refractivity contribution in [1.29, 1.82) is 0 Å². The quantitative estimate of drug-likeness (QED) is 0.324. The molecule has 0 N–H and O–H groups in total. The molecule has 1 aliphatic rings. The zero-order chi connectivity index (χ0) is 22.8. The van der Waals surface area contributed by atoms with Gasteiger partial charge < -0.3 is 14.2 Å². The van der Waals surface area contributed by atoms with Gasteiger partial charge in [-0.3, -0.25) is 19.6 Å². The molecule has 166 valence electrons. The lowest BCUT2D eigenvalue weighted by molar-refractivity contribution is -0.386. The minimum Gasteiger partial charge on any atom is -0.460 e. The van der Waals surface area contributed by atoms with Gasteiger partial charge in [-0.05, 0) is 26.0 Å². The van der Waals surface area contributed by atoms with Gasteiger partial charge in [-0.1, -0.05) is 30.3 Å². The molecule has 2 heterocycles. The predicted octanol–water partition coefficient (Wildman–Crippen LogP) is 3.90. The van der Waals surface area contributed by atoms with Gasteiger partial charge in [0.05, 0.1) is 11.5 Å². The summed E-state index contributed by atoms with van der Waals surface area (Å²) in [7, 11) is 0. The average molecular weight is 441 g/mol. The van der Waals surface area contributed by atoms with Gasteiger partial charge in [0, 0.05) is 16.7 Å². The number of carbonyl (C=O) groups excluding carboxylic acids is 1. The molecule has 0 fully saturated rings. The van der Waals surface area contributed by atoms with Crippen LogP contribution in [0.3, 0.4) is 0 Å². The maximum atomic E-state index is 14.1. The highest BCUT2D eigenvalue weighted by Crippen LogP contribution is 2.36. The molecule has 32 heavy (non-hydrogen) atoms. The first-order valence-electron chi connectivity index (χ1n) is 9.82. The first-order valence-corrected chi connectivity index (χ1v) is 9.82. The number of esters is 1. The summed E-state index contributed by atoms with van der Waals surface area (Å²) in [5.41, 5.74) is 1.99. The number of benzene rings is 2. The standard InChI is InChI=1S/C22H20FN3O6/c1-13-20(26(28)29)14(2)25(24-13)10-19(27)30-11-16-8-18(23)9-17-12-31-22(32-21(16)17)15-6-4-3-5-7-15/h3-9,22H,10-12H2,1-2H3/t22-/m0/s1. The minimum atomic E-state index is -0.671. The number of nitro groups is 1. The Morgan fingerprint density at radius 1 is 1.31 bits per heavy atom. The fourth-order valence-electron chi connectivity index (χ4n) is 3.59. The van der Waals surface area contributed by atoms with E-state index in [1.807, 2.05) is 30.3 Å². The van der Waals surface area contributed by atoms with Crippen LogP contribution in [0, 0.1) is 29.8 Å². The molecule has 0 bridgehead atoms. The molecule has 4 rings (SSSR count). The first kappa shape index (κ1) is 21.4. The molecule has 1 aliphatic heterocycles. The number of aromatic nitrogens is 2. The summed E-state index contributed by atoms with van der Waals surface area (Å²) < 4.78 is 32.2. The zero-order valence-corrected chi connectivity index (χ0v) is 17.4. The van der Waals surface area contributed by atoms with E-state index in [1.165, 1.54) is 30.7 Å². The molecule has 9 nitrogen and oxygen atoms in total. The van der Waals surface area contributed by atoms with Crippen LogP contribution in [-0.4, -0.2) is 20.7 Å². The summed E-state index contributed by atoms with van der Waals surface area (Å²) >= 11 is 0. The molecule has 0 radical (unpaired) electrons. The first-order chi connectivity index (χ1) is 15.3. The Balaban J connectivity index is 1.48. The van der Waals surface area contributed by atoms with E-state index >= 15 is 0 Å². The lowest BCUT2D eigenvalue weighted by atomic mass is 10.1. The van der Waals surface area contributed by atoms with Gasteiger partial charge in [0.1, 0.15) is 36.1 Å². The monoisotopic (exact) mass is 441 g/mol. The Labute approximate surface area is 182 Å². The SMILES string of the molecule is Cc1nn(CC(=O)OCc2cc(F)cc3c2O[C@@H](c2ccccc2)OC3)c(C)c1[N+](=O)[O-]. The van der Waals surface area contributed by atoms with Crippen molar-refractivity contribution in [1.82, 2.24) is 9.78 Å². The highest BCUT2D eigenvalue weighted by atomic mass is 19.1. The van der Waals surface area contributed by atoms with Crippen molar-refractivity contribution >= 4 is 11.7 Å². The Morgan fingerprint density at radius 2 is 2.06 bits per heavy atom. The number of halogens is 1. The van der Waals surface area contributed by atoms with E-state index in [-0.39, 0.29) is 36.8 Å². The fourth-order valence-corrected chi connectivity index (χ4v) is 3.59. The zero-order valence-electron chi connectivity index (χ0n) is 17.4. The van der Waals surface area contributed by atoms with Gasteiger partial charge >= 0.3 is 11.7 Å². The lowest BCUT2D eigenvalue weighted by Gasteiger charge is -2.28. The van der Waals surface area contributed by atoms with E-state index in [2.05, 4.69) is 5.10 Å². The number of carbonyl (C=O) groups is 1. The van der Waals surface area contributed by atoms with Crippen LogP contribution in [0.4, 0.5) is 10.1 Å². The van der Waals surface area contributed by atoms with Crippen molar-refractivity contribution in [3.05, 3.63) is 86.5 Å². The van der Waals surface area contributed by atoms with Gasteiger partial charge in [-0.15, -0.1) is 0 Å². The van der Waals surface area contributed by atoms with E-state index in [1.54, 1.807) is 0 Å². The fraction of sp³-hybridized carbons (Fsp3) is 0.273. The Bertz CT molecular complexity index is 1180. The van der Waals surface area contributed by atoms with Crippen molar-refractivity contribution in [3.8, 4) is 5.75 Å². The van der Waals surface area contributed by atoms with Crippen molar-refractivity contribution in [2.75, 3.05) is 0 Å². The Morgan fingerprint density at radius 3 is 2.75 bits per heavy atom. The molecule has 0 spiro atoms. The summed E-state index contributed by atoms with van der Waals surface area (Å²) in [5, 5.41) is 15.2. The molecule has 1 aromatic heterocycles. The highest BCUT2D eigenvalue weighted by molar-refractivity contribution is 5.69. The molecule has 0 aliphatic carbocycles. The van der Waals surface area contributed by atoms with Crippen LogP contribution in [0.2, 0.25) is 0 Å². The third kappa shape index (κ3) is 4.30. The maximum Gasteiger partial charge on any atom is 0.328 e. The summed E-state index contributed by atoms with van der Waals surface area (Å²) in [6.07, 6.45) is -0.668. The van der Waals surface area contributed by atoms with Crippen molar-refractivity contribution in [3.63, 3.8) is 0 Å². The van der Waals surface area contributed by atoms with E-state index in [0.29, 0.717) is 16.9 Å². The van der Waals surface area contributed by atoms with Gasteiger partial charge in [-0.2, -0.15) is 5.10 Å². The molecule has 1 atom stereocenters. The summed E-state index contributed by atoms with van der Waals surface area (Å²) in [6, 6.07) is 11.9. The molecule has 3 aromatic rings. The second-order valence-corrected chi connectivity index (χ2v) is 7.32. The van der Waals surface area contributed by atoms with Gasteiger partial charge in [0.25, 0.3) is 0 Å². The lowest BCUT2D eigenvalue weighted by Crippen LogP contribution is -2.20. The number of ether oxygens (including phenoxy) is 3. The molecule has 0 unspecified atom stereocenters. The Hall–Kier alpha value is -3.79. The number of nitrogens with zero attached hydrogens (tertiary/aromatic N) is 3. The smallest absolute Gasteiger partial charge is 0.328 e. The van der Waals surface area contributed by atoms with Gasteiger partial charge in [0.2, 0.25) is 6.29 Å². The van der Waals surface area contributed by atoms with E-state index < -0.39 is 23.0 Å². The minimum absolute atomic E-state index is 0.141. The van der Waals surface area contributed by atoms with Crippen LogP contribution < -0.4 is 4.74 Å². The van der Waals surface area contributed by atoms with Crippen LogP contribution in [0.25, 0.3) is 0 Å². The van der Waals surface area contributed by atoms with Crippen molar-refractivity contribution < 1.29 is 28.3 Å². The number of fused-ring (bicyclic) bond motifs is 1. The van der Waals surface area contributed by atoms with Crippen LogP contribution in [0.5, 0.6) is 5.75 Å². The normalized spacial score (nSPS) is 15.0. The largest absolute Gasteiger partial charge is 0.460 e. The third-order valence-corrected chi connectivity index (χ3v) is 5.09. The number of rotatable bonds is 6. The second-order valence-electron chi connectivity index (χ2n) is 7.32. The highest BCUT2D eigenvalue weighted by Gasteiger charge is 2.26. The summed E-state index contributed by atoms with van der Waals surface area (Å²) in [4.78, 5) is 22.9. The molecular weight excluding hydrogens is 421 g/mol. The Kier molecular flexibility index (Phi) is 5.87. The maximum absolute atomic E-state index is 14.1. The molecular formula is C22H20FN3O6. The molecule has 2 aromatic carbocycles. The van der Waals surface area contributed by atoms with Gasteiger partial charge in [-0.25, -0.2) is 4.39 Å². The average Bonchev–Trinajstić information content (AvgIpc) is 3.05. The number of hydrogen-bond donors (Lipinski definition) is 0. The number of aryl methyl sites for hydroxylation is 1. The van der Waals surface area contributed by atoms with E-state index in [9.17, 15) is 19.3 Å². The molecule has 0 amide bonds. The van der Waals surface area contributed by atoms with Crippen LogP contribution >= 0.6 is 0 Å². The topological polar surface area (TPSA) is 106 Å². The van der Waals surface area contributed by atoms with Gasteiger partial charge in [0.15, 0.2) is 0 Å². The predicted molar refractivity (Wildman–Crippen MR) is 109 cm³/mol. The van der Waals surface area contributed by atoms with Crippen LogP contribution in [-0.2, 0) is 34.0 Å².